The fourth-order valence-electron chi connectivity index (χ4n) is 2.97. The summed E-state index contributed by atoms with van der Waals surface area (Å²) in [6.07, 6.45) is 1.42. The van der Waals surface area contributed by atoms with E-state index in [1.54, 1.807) is 0 Å². The number of oxazole rings is 1. The average Bonchev–Trinajstić information content (AvgIpc) is 3.15. The summed E-state index contributed by atoms with van der Waals surface area (Å²) in [4.78, 5) is 18.8. The van der Waals surface area contributed by atoms with Crippen molar-refractivity contribution in [2.24, 2.45) is 5.92 Å². The van der Waals surface area contributed by atoms with Crippen LogP contribution in [0, 0.1) is 5.92 Å². The van der Waals surface area contributed by atoms with E-state index in [-0.39, 0.29) is 5.91 Å². The molecule has 0 fully saturated rings. The Kier molecular flexibility index (Phi) is 7.44. The Morgan fingerprint density at radius 2 is 1.79 bits per heavy atom. The Balaban J connectivity index is 1.71. The minimum Gasteiger partial charge on any atom is -0.447 e. The molecular weight excluding hydrogens is 386 g/mol. The number of aromatic nitrogens is 1. The van der Waals surface area contributed by atoms with Gasteiger partial charge >= 0.3 is 0 Å². The first-order chi connectivity index (χ1) is 14.0. The summed E-state index contributed by atoms with van der Waals surface area (Å²) in [6, 6.07) is 18.0. The van der Waals surface area contributed by atoms with Gasteiger partial charge in [-0.25, -0.2) is 4.98 Å². The second-order valence-corrected chi connectivity index (χ2v) is 7.93. The van der Waals surface area contributed by atoms with Gasteiger partial charge in [0.25, 0.3) is 5.91 Å². The number of benzene rings is 2. The molecule has 5 nitrogen and oxygen atoms in total. The van der Waals surface area contributed by atoms with Crippen LogP contribution in [0.1, 0.15) is 41.4 Å². The number of amides is 1. The van der Waals surface area contributed by atoms with Crippen LogP contribution >= 0.6 is 11.6 Å². The lowest BCUT2D eigenvalue weighted by atomic mass is 10.1. The number of hydrogen-bond acceptors (Lipinski definition) is 4. The predicted octanol–water partition coefficient (Wildman–Crippen LogP) is 4.92. The zero-order chi connectivity index (χ0) is 20.6. The molecule has 0 saturated carbocycles. The van der Waals surface area contributed by atoms with Crippen LogP contribution in [0.25, 0.3) is 0 Å². The second kappa shape index (κ2) is 10.2. The molecule has 6 heteroatoms. The number of halogens is 1. The number of hydrogen-bond donors (Lipinski definition) is 1. The van der Waals surface area contributed by atoms with Gasteiger partial charge in [0, 0.05) is 24.7 Å². The SMILES string of the molecule is CC(C)CNC(=O)c1coc(CN(Cc2ccccc2)Cc2cccc(Cl)c2)n1. The molecule has 3 aromatic rings. The molecule has 3 rings (SSSR count). The van der Waals surface area contributed by atoms with Gasteiger partial charge in [0.1, 0.15) is 6.26 Å². The van der Waals surface area contributed by atoms with E-state index < -0.39 is 0 Å². The Morgan fingerprint density at radius 3 is 2.52 bits per heavy atom. The number of nitrogens with one attached hydrogen (secondary N) is 1. The van der Waals surface area contributed by atoms with Gasteiger partial charge in [0.2, 0.25) is 5.89 Å². The van der Waals surface area contributed by atoms with Gasteiger partial charge in [0.15, 0.2) is 5.69 Å². The molecule has 2 aromatic carbocycles. The molecule has 1 amide bonds. The third-order valence-corrected chi connectivity index (χ3v) is 4.59. The molecule has 0 unspecified atom stereocenters. The number of rotatable bonds is 9. The molecule has 29 heavy (non-hydrogen) atoms. The van der Waals surface area contributed by atoms with Crippen LogP contribution in [0.4, 0.5) is 0 Å². The molecule has 0 aliphatic carbocycles. The summed E-state index contributed by atoms with van der Waals surface area (Å²) in [6.45, 7) is 6.60. The van der Waals surface area contributed by atoms with Gasteiger partial charge in [0.05, 0.1) is 6.54 Å². The average molecular weight is 412 g/mol. The Bertz CT molecular complexity index is 925. The summed E-state index contributed by atoms with van der Waals surface area (Å²) >= 11 is 6.14. The fourth-order valence-corrected chi connectivity index (χ4v) is 3.18. The molecule has 0 atom stereocenters. The van der Waals surface area contributed by atoms with Crippen molar-refractivity contribution in [3.8, 4) is 0 Å². The van der Waals surface area contributed by atoms with Crippen molar-refractivity contribution in [3.05, 3.63) is 88.6 Å². The zero-order valence-corrected chi connectivity index (χ0v) is 17.5. The first-order valence-corrected chi connectivity index (χ1v) is 10.1. The lowest BCUT2D eigenvalue weighted by Gasteiger charge is -2.21. The third kappa shape index (κ3) is 6.73. The molecule has 0 aliphatic rings. The number of carbonyl (C=O) groups excluding carboxylic acids is 1. The van der Waals surface area contributed by atoms with Crippen LogP contribution < -0.4 is 5.32 Å². The predicted molar refractivity (Wildman–Crippen MR) is 115 cm³/mol. The minimum atomic E-state index is -0.210. The van der Waals surface area contributed by atoms with E-state index in [0.29, 0.717) is 42.2 Å². The van der Waals surface area contributed by atoms with E-state index in [2.05, 4.69) is 27.3 Å². The van der Waals surface area contributed by atoms with Crippen molar-refractivity contribution in [2.75, 3.05) is 6.54 Å². The highest BCUT2D eigenvalue weighted by Gasteiger charge is 2.16. The van der Waals surface area contributed by atoms with E-state index >= 15 is 0 Å². The zero-order valence-electron chi connectivity index (χ0n) is 16.8. The summed E-state index contributed by atoms with van der Waals surface area (Å²) in [7, 11) is 0. The smallest absolute Gasteiger partial charge is 0.273 e. The largest absolute Gasteiger partial charge is 0.447 e. The molecule has 0 saturated heterocycles. The Labute approximate surface area is 176 Å². The van der Waals surface area contributed by atoms with Crippen molar-refractivity contribution in [3.63, 3.8) is 0 Å². The molecule has 152 valence electrons. The molecule has 0 aliphatic heterocycles. The van der Waals surface area contributed by atoms with Gasteiger partial charge in [-0.05, 0) is 29.2 Å². The quantitative estimate of drug-likeness (QED) is 0.543. The normalized spacial score (nSPS) is 11.2. The van der Waals surface area contributed by atoms with Gasteiger partial charge in [-0.2, -0.15) is 0 Å². The van der Waals surface area contributed by atoms with Crippen LogP contribution in [-0.2, 0) is 19.6 Å². The third-order valence-electron chi connectivity index (χ3n) is 4.36. The maximum Gasteiger partial charge on any atom is 0.273 e. The summed E-state index contributed by atoms with van der Waals surface area (Å²) in [5.41, 5.74) is 2.61. The van der Waals surface area contributed by atoms with Crippen molar-refractivity contribution in [1.82, 2.24) is 15.2 Å². The van der Waals surface area contributed by atoms with E-state index in [4.69, 9.17) is 16.0 Å². The summed E-state index contributed by atoms with van der Waals surface area (Å²) in [5.74, 6) is 0.681. The minimum absolute atomic E-state index is 0.210. The molecule has 1 aromatic heterocycles. The lowest BCUT2D eigenvalue weighted by Crippen LogP contribution is -2.27. The van der Waals surface area contributed by atoms with E-state index in [1.165, 1.54) is 11.8 Å². The monoisotopic (exact) mass is 411 g/mol. The van der Waals surface area contributed by atoms with Crippen LogP contribution in [0.5, 0.6) is 0 Å². The number of carbonyl (C=O) groups is 1. The molecule has 1 N–H and O–H groups in total. The van der Waals surface area contributed by atoms with Crippen molar-refractivity contribution < 1.29 is 9.21 Å². The molecular formula is C23H26ClN3O2. The molecule has 0 radical (unpaired) electrons. The highest BCUT2D eigenvalue weighted by atomic mass is 35.5. The molecule has 1 heterocycles. The first kappa shape index (κ1) is 21.1. The lowest BCUT2D eigenvalue weighted by molar-refractivity contribution is 0.0944. The topological polar surface area (TPSA) is 58.4 Å². The molecule has 0 spiro atoms. The fraction of sp³-hybridized carbons (Fsp3) is 0.304. The summed E-state index contributed by atoms with van der Waals surface area (Å²) < 4.78 is 5.58. The maximum atomic E-state index is 12.2. The van der Waals surface area contributed by atoms with Crippen LogP contribution in [0.15, 0.2) is 65.3 Å². The van der Waals surface area contributed by atoms with E-state index in [9.17, 15) is 4.79 Å². The van der Waals surface area contributed by atoms with Crippen LogP contribution in [0.2, 0.25) is 5.02 Å². The van der Waals surface area contributed by atoms with Crippen LogP contribution in [0.3, 0.4) is 0 Å². The van der Waals surface area contributed by atoms with Crippen LogP contribution in [-0.4, -0.2) is 22.3 Å². The van der Waals surface area contributed by atoms with Crippen molar-refractivity contribution in [1.29, 1.82) is 0 Å². The Morgan fingerprint density at radius 1 is 1.07 bits per heavy atom. The van der Waals surface area contributed by atoms with Gasteiger partial charge < -0.3 is 9.73 Å². The standard InChI is InChI=1S/C23H26ClN3O2/c1-17(2)12-25-23(28)21-16-29-22(26-21)15-27(13-18-7-4-3-5-8-18)14-19-9-6-10-20(24)11-19/h3-11,16-17H,12-15H2,1-2H3,(H,25,28). The van der Waals surface area contributed by atoms with Crippen molar-refractivity contribution in [2.45, 2.75) is 33.5 Å². The van der Waals surface area contributed by atoms with E-state index in [1.807, 2.05) is 56.3 Å². The molecule has 0 bridgehead atoms. The Hall–Kier alpha value is -2.63. The highest BCUT2D eigenvalue weighted by molar-refractivity contribution is 6.30. The first-order valence-electron chi connectivity index (χ1n) is 9.73. The van der Waals surface area contributed by atoms with E-state index in [0.717, 1.165) is 12.1 Å². The second-order valence-electron chi connectivity index (χ2n) is 7.49. The van der Waals surface area contributed by atoms with Gasteiger partial charge in [-0.1, -0.05) is 67.9 Å². The maximum absolute atomic E-state index is 12.2. The summed E-state index contributed by atoms with van der Waals surface area (Å²) in [5, 5.41) is 3.57. The van der Waals surface area contributed by atoms with Gasteiger partial charge in [-0.3, -0.25) is 9.69 Å². The number of nitrogens with zero attached hydrogens (tertiary/aromatic N) is 2. The van der Waals surface area contributed by atoms with Gasteiger partial charge in [-0.15, -0.1) is 0 Å². The highest BCUT2D eigenvalue weighted by Crippen LogP contribution is 2.17. The van der Waals surface area contributed by atoms with Crippen molar-refractivity contribution >= 4 is 17.5 Å².